The molecule has 3 N–H and O–H groups in total. The van der Waals surface area contributed by atoms with Crippen molar-refractivity contribution in [3.05, 3.63) is 29.6 Å². The fourth-order valence-electron chi connectivity index (χ4n) is 1.60. The summed E-state index contributed by atoms with van der Waals surface area (Å²) in [5, 5.41) is 0. The normalized spacial score (nSPS) is 12.7. The lowest BCUT2D eigenvalue weighted by molar-refractivity contribution is 0.188. The maximum Gasteiger partial charge on any atom is 0.0478 e. The zero-order valence-corrected chi connectivity index (χ0v) is 9.36. The van der Waals surface area contributed by atoms with E-state index in [0.29, 0.717) is 0 Å². The number of aryl methyl sites for hydroxylation is 1. The van der Waals surface area contributed by atoms with Crippen molar-refractivity contribution >= 4 is 0 Å². The van der Waals surface area contributed by atoms with Gasteiger partial charge in [0.15, 0.2) is 0 Å². The van der Waals surface area contributed by atoms with Gasteiger partial charge in [-0.25, -0.2) is 0 Å². The first-order valence-corrected chi connectivity index (χ1v) is 5.15. The number of pyridine rings is 1. The lowest BCUT2D eigenvalue weighted by Gasteiger charge is -2.17. The highest BCUT2D eigenvalue weighted by molar-refractivity contribution is 5.24. The molecule has 1 aromatic heterocycles. The summed E-state index contributed by atoms with van der Waals surface area (Å²) in [6, 6.07) is 2.16. The number of nitrogens with one attached hydrogen (secondary N) is 1. The third-order valence-electron chi connectivity index (χ3n) is 2.50. The van der Waals surface area contributed by atoms with Gasteiger partial charge in [-0.1, -0.05) is 0 Å². The van der Waals surface area contributed by atoms with Gasteiger partial charge in [-0.3, -0.25) is 16.3 Å². The highest BCUT2D eigenvalue weighted by Gasteiger charge is 2.11. The Balaban J connectivity index is 2.61. The molecule has 1 heterocycles. The van der Waals surface area contributed by atoms with Crippen LogP contribution in [0.1, 0.15) is 30.0 Å². The van der Waals surface area contributed by atoms with Crippen molar-refractivity contribution < 1.29 is 4.74 Å². The predicted octanol–water partition coefficient (Wildman–Crippen LogP) is 1.32. The van der Waals surface area contributed by atoms with Crippen LogP contribution in [0.15, 0.2) is 18.5 Å². The molecule has 0 amide bonds. The fourth-order valence-corrected chi connectivity index (χ4v) is 1.60. The lowest BCUT2D eigenvalue weighted by atomic mass is 10.0. The van der Waals surface area contributed by atoms with Gasteiger partial charge in [0.1, 0.15) is 0 Å². The van der Waals surface area contributed by atoms with Crippen molar-refractivity contribution in [2.45, 2.75) is 25.8 Å². The molecule has 0 saturated heterocycles. The Morgan fingerprint density at radius 3 is 3.00 bits per heavy atom. The molecule has 4 nitrogen and oxygen atoms in total. The molecule has 84 valence electrons. The number of rotatable bonds is 6. The molecule has 15 heavy (non-hydrogen) atoms. The predicted molar refractivity (Wildman–Crippen MR) is 60.1 cm³/mol. The van der Waals surface area contributed by atoms with Crippen molar-refractivity contribution in [2.75, 3.05) is 13.7 Å². The molecule has 1 aromatic rings. The smallest absolute Gasteiger partial charge is 0.0478 e. The molecule has 0 spiro atoms. The molecule has 4 heteroatoms. The summed E-state index contributed by atoms with van der Waals surface area (Å²) in [6.07, 6.45) is 5.60. The van der Waals surface area contributed by atoms with E-state index in [1.807, 2.05) is 12.3 Å². The van der Waals surface area contributed by atoms with Crippen LogP contribution in [0.2, 0.25) is 0 Å². The molecular weight excluding hydrogens is 190 g/mol. The molecule has 1 unspecified atom stereocenters. The van der Waals surface area contributed by atoms with Gasteiger partial charge < -0.3 is 4.74 Å². The lowest BCUT2D eigenvalue weighted by Crippen LogP contribution is -2.28. The maximum absolute atomic E-state index is 5.54. The van der Waals surface area contributed by atoms with Crippen LogP contribution in [0.25, 0.3) is 0 Å². The summed E-state index contributed by atoms with van der Waals surface area (Å²) < 4.78 is 5.02. The topological polar surface area (TPSA) is 60.2 Å². The van der Waals surface area contributed by atoms with E-state index in [-0.39, 0.29) is 6.04 Å². The van der Waals surface area contributed by atoms with Gasteiger partial charge in [0, 0.05) is 32.2 Å². The molecule has 0 radical (unpaired) electrons. The summed E-state index contributed by atoms with van der Waals surface area (Å²) in [4.78, 5) is 4.12. The van der Waals surface area contributed by atoms with Gasteiger partial charge in [-0.05, 0) is 37.0 Å². The Morgan fingerprint density at radius 2 is 2.40 bits per heavy atom. The van der Waals surface area contributed by atoms with Crippen LogP contribution in [0.4, 0.5) is 0 Å². The van der Waals surface area contributed by atoms with Crippen molar-refractivity contribution in [3.8, 4) is 0 Å². The van der Waals surface area contributed by atoms with Crippen molar-refractivity contribution in [1.29, 1.82) is 0 Å². The van der Waals surface area contributed by atoms with E-state index < -0.39 is 0 Å². The highest BCUT2D eigenvalue weighted by atomic mass is 16.5. The number of hydrazine groups is 1. The minimum atomic E-state index is 0.161. The third-order valence-corrected chi connectivity index (χ3v) is 2.50. The number of hydrogen-bond acceptors (Lipinski definition) is 4. The molecule has 0 aromatic carbocycles. The van der Waals surface area contributed by atoms with Crippen molar-refractivity contribution in [3.63, 3.8) is 0 Å². The molecule has 0 fully saturated rings. The van der Waals surface area contributed by atoms with Crippen molar-refractivity contribution in [2.24, 2.45) is 5.84 Å². The van der Waals surface area contributed by atoms with E-state index in [2.05, 4.69) is 17.3 Å². The Morgan fingerprint density at radius 1 is 1.60 bits per heavy atom. The zero-order valence-electron chi connectivity index (χ0n) is 9.36. The molecule has 0 aliphatic heterocycles. The first kappa shape index (κ1) is 12.1. The number of nitrogens with zero attached hydrogens (tertiary/aromatic N) is 1. The molecule has 1 rings (SSSR count). The number of nitrogens with two attached hydrogens (primary N) is 1. The summed E-state index contributed by atoms with van der Waals surface area (Å²) in [5.74, 6) is 5.54. The number of ether oxygens (including phenoxy) is 1. The van der Waals surface area contributed by atoms with Crippen LogP contribution in [-0.2, 0) is 4.74 Å². The van der Waals surface area contributed by atoms with Crippen LogP contribution < -0.4 is 11.3 Å². The first-order chi connectivity index (χ1) is 7.29. The van der Waals surface area contributed by atoms with Gasteiger partial charge in [0.25, 0.3) is 0 Å². The Hall–Kier alpha value is -0.970. The number of aromatic nitrogens is 1. The Bertz CT molecular complexity index is 291. The standard InChI is InChI=1S/C11H19N3O/c1-9-5-6-13-8-10(9)11(14-12)4-3-7-15-2/h5-6,8,11,14H,3-4,7,12H2,1-2H3. The van der Waals surface area contributed by atoms with Crippen LogP contribution in [-0.4, -0.2) is 18.7 Å². The van der Waals surface area contributed by atoms with Crippen LogP contribution in [0.5, 0.6) is 0 Å². The molecule has 0 aliphatic carbocycles. The van der Waals surface area contributed by atoms with Gasteiger partial charge in [0.05, 0.1) is 0 Å². The SMILES string of the molecule is COCCCC(NN)c1cnccc1C. The van der Waals surface area contributed by atoms with Gasteiger partial charge >= 0.3 is 0 Å². The van der Waals surface area contributed by atoms with E-state index in [0.717, 1.165) is 25.0 Å². The maximum atomic E-state index is 5.54. The van der Waals surface area contributed by atoms with Gasteiger partial charge in [0.2, 0.25) is 0 Å². The van der Waals surface area contributed by atoms with E-state index in [9.17, 15) is 0 Å². The third kappa shape index (κ3) is 3.58. The van der Waals surface area contributed by atoms with Crippen LogP contribution in [0, 0.1) is 6.92 Å². The second-order valence-corrected chi connectivity index (χ2v) is 3.59. The van der Waals surface area contributed by atoms with Gasteiger partial charge in [-0.15, -0.1) is 0 Å². The average molecular weight is 209 g/mol. The minimum Gasteiger partial charge on any atom is -0.385 e. The average Bonchev–Trinajstić information content (AvgIpc) is 2.26. The van der Waals surface area contributed by atoms with Crippen LogP contribution >= 0.6 is 0 Å². The molecule has 0 bridgehead atoms. The summed E-state index contributed by atoms with van der Waals surface area (Å²) in [5.41, 5.74) is 5.20. The first-order valence-electron chi connectivity index (χ1n) is 5.15. The summed E-state index contributed by atoms with van der Waals surface area (Å²) >= 11 is 0. The number of methoxy groups -OCH3 is 1. The van der Waals surface area contributed by atoms with Gasteiger partial charge in [-0.2, -0.15) is 0 Å². The second-order valence-electron chi connectivity index (χ2n) is 3.59. The molecular formula is C11H19N3O. The summed E-state index contributed by atoms with van der Waals surface area (Å²) in [6.45, 7) is 2.83. The minimum absolute atomic E-state index is 0.161. The molecule has 1 atom stereocenters. The summed E-state index contributed by atoms with van der Waals surface area (Å²) in [7, 11) is 1.71. The Labute approximate surface area is 90.8 Å². The quantitative estimate of drug-likeness (QED) is 0.421. The largest absolute Gasteiger partial charge is 0.385 e. The Kier molecular flexibility index (Phi) is 5.25. The van der Waals surface area contributed by atoms with E-state index >= 15 is 0 Å². The highest BCUT2D eigenvalue weighted by Crippen LogP contribution is 2.19. The van der Waals surface area contributed by atoms with E-state index in [4.69, 9.17) is 10.6 Å². The van der Waals surface area contributed by atoms with Crippen molar-refractivity contribution in [1.82, 2.24) is 10.4 Å². The zero-order chi connectivity index (χ0) is 11.1. The molecule has 0 aliphatic rings. The number of hydrogen-bond donors (Lipinski definition) is 2. The second kappa shape index (κ2) is 6.50. The van der Waals surface area contributed by atoms with Crippen LogP contribution in [0.3, 0.4) is 0 Å². The van der Waals surface area contributed by atoms with E-state index in [1.54, 1.807) is 13.3 Å². The monoisotopic (exact) mass is 209 g/mol. The molecule has 0 saturated carbocycles. The van der Waals surface area contributed by atoms with E-state index in [1.165, 1.54) is 5.56 Å². The fraction of sp³-hybridized carbons (Fsp3) is 0.545.